The van der Waals surface area contributed by atoms with Gasteiger partial charge in [0, 0.05) is 11.3 Å². The molecule has 2 aromatic carbocycles. The number of nitrogens with zero attached hydrogens (tertiary/aromatic N) is 1. The lowest BCUT2D eigenvalue weighted by molar-refractivity contribution is 0.171. The van der Waals surface area contributed by atoms with Crippen LogP contribution in [-0.4, -0.2) is 40.2 Å². The second kappa shape index (κ2) is 8.02. The van der Waals surface area contributed by atoms with Gasteiger partial charge < -0.3 is 28.4 Å². The van der Waals surface area contributed by atoms with Gasteiger partial charge in [0.05, 0.1) is 39.5 Å². The SMILES string of the molecule is COc1cc2cc(C)nc(/C=C/c3ccc4c(c3OC)OCO4)c2c(OC)c1OC. The third-order valence-electron chi connectivity index (χ3n) is 4.93. The first-order valence-electron chi connectivity index (χ1n) is 9.36. The Hall–Kier alpha value is -3.61. The van der Waals surface area contributed by atoms with Crippen molar-refractivity contribution in [3.63, 3.8) is 0 Å². The Labute approximate surface area is 174 Å². The number of fused-ring (bicyclic) bond motifs is 2. The Morgan fingerprint density at radius 2 is 1.63 bits per heavy atom. The highest BCUT2D eigenvalue weighted by atomic mass is 16.7. The Morgan fingerprint density at radius 1 is 0.867 bits per heavy atom. The van der Waals surface area contributed by atoms with Crippen LogP contribution in [-0.2, 0) is 0 Å². The second-order valence-corrected chi connectivity index (χ2v) is 6.65. The highest BCUT2D eigenvalue weighted by Gasteiger charge is 2.22. The van der Waals surface area contributed by atoms with E-state index in [4.69, 9.17) is 33.4 Å². The summed E-state index contributed by atoms with van der Waals surface area (Å²) in [5, 5.41) is 1.77. The number of ether oxygens (including phenoxy) is 6. The molecule has 156 valence electrons. The number of benzene rings is 2. The second-order valence-electron chi connectivity index (χ2n) is 6.65. The molecule has 0 amide bonds. The van der Waals surface area contributed by atoms with Crippen molar-refractivity contribution in [2.75, 3.05) is 35.2 Å². The molecule has 0 bridgehead atoms. The van der Waals surface area contributed by atoms with Crippen molar-refractivity contribution in [1.29, 1.82) is 0 Å². The van der Waals surface area contributed by atoms with Crippen molar-refractivity contribution in [2.45, 2.75) is 6.92 Å². The quantitative estimate of drug-likeness (QED) is 0.595. The maximum absolute atomic E-state index is 5.69. The van der Waals surface area contributed by atoms with E-state index in [9.17, 15) is 0 Å². The van der Waals surface area contributed by atoms with Gasteiger partial charge in [-0.05, 0) is 48.7 Å². The maximum Gasteiger partial charge on any atom is 0.231 e. The van der Waals surface area contributed by atoms with Crippen LogP contribution < -0.4 is 28.4 Å². The van der Waals surface area contributed by atoms with E-state index >= 15 is 0 Å². The van der Waals surface area contributed by atoms with E-state index in [1.807, 2.05) is 43.3 Å². The van der Waals surface area contributed by atoms with Crippen LogP contribution in [0.5, 0.6) is 34.5 Å². The van der Waals surface area contributed by atoms with Crippen LogP contribution in [0.25, 0.3) is 22.9 Å². The molecule has 1 aromatic heterocycles. The van der Waals surface area contributed by atoms with Gasteiger partial charge in [-0.25, -0.2) is 0 Å². The molecule has 7 nitrogen and oxygen atoms in total. The lowest BCUT2D eigenvalue weighted by Crippen LogP contribution is -1.99. The summed E-state index contributed by atoms with van der Waals surface area (Å²) >= 11 is 0. The minimum atomic E-state index is 0.182. The van der Waals surface area contributed by atoms with E-state index < -0.39 is 0 Å². The number of rotatable bonds is 6. The van der Waals surface area contributed by atoms with Gasteiger partial charge in [-0.2, -0.15) is 0 Å². The van der Waals surface area contributed by atoms with E-state index in [1.165, 1.54) is 0 Å². The van der Waals surface area contributed by atoms with Gasteiger partial charge in [-0.1, -0.05) is 0 Å². The summed E-state index contributed by atoms with van der Waals surface area (Å²) in [5.41, 5.74) is 2.45. The van der Waals surface area contributed by atoms with Crippen molar-refractivity contribution in [3.8, 4) is 34.5 Å². The third-order valence-corrected chi connectivity index (χ3v) is 4.93. The first kappa shape index (κ1) is 19.7. The zero-order chi connectivity index (χ0) is 21.3. The molecule has 0 saturated heterocycles. The molecule has 0 aliphatic carbocycles. The summed E-state index contributed by atoms with van der Waals surface area (Å²) in [6, 6.07) is 7.69. The molecule has 0 N–H and O–H groups in total. The van der Waals surface area contributed by atoms with Crippen LogP contribution in [0, 0.1) is 6.92 Å². The molecule has 0 unspecified atom stereocenters. The van der Waals surface area contributed by atoms with E-state index in [1.54, 1.807) is 28.4 Å². The molecule has 0 radical (unpaired) electrons. The van der Waals surface area contributed by atoms with E-state index in [-0.39, 0.29) is 6.79 Å². The number of aromatic nitrogens is 1. The number of pyridine rings is 1. The van der Waals surface area contributed by atoms with Gasteiger partial charge >= 0.3 is 0 Å². The molecule has 1 aliphatic heterocycles. The van der Waals surface area contributed by atoms with Crippen molar-refractivity contribution in [2.24, 2.45) is 0 Å². The van der Waals surface area contributed by atoms with E-state index in [2.05, 4.69) is 0 Å². The zero-order valence-corrected chi connectivity index (χ0v) is 17.6. The molecule has 0 atom stereocenters. The van der Waals surface area contributed by atoms with Gasteiger partial charge in [-0.15, -0.1) is 0 Å². The lowest BCUT2D eigenvalue weighted by Gasteiger charge is -2.16. The van der Waals surface area contributed by atoms with E-state index in [0.29, 0.717) is 34.5 Å². The number of hydrogen-bond donors (Lipinski definition) is 0. The van der Waals surface area contributed by atoms with Crippen molar-refractivity contribution < 1.29 is 28.4 Å². The van der Waals surface area contributed by atoms with Crippen molar-refractivity contribution in [1.82, 2.24) is 4.98 Å². The first-order chi connectivity index (χ1) is 14.6. The molecule has 0 saturated carbocycles. The van der Waals surface area contributed by atoms with Crippen LogP contribution in [0.4, 0.5) is 0 Å². The molecule has 4 rings (SSSR count). The molecular formula is C23H23NO6. The first-order valence-corrected chi connectivity index (χ1v) is 9.36. The molecule has 7 heteroatoms. The van der Waals surface area contributed by atoms with Crippen LogP contribution >= 0.6 is 0 Å². The maximum atomic E-state index is 5.69. The van der Waals surface area contributed by atoms with Crippen LogP contribution in [0.3, 0.4) is 0 Å². The largest absolute Gasteiger partial charge is 0.493 e. The highest BCUT2D eigenvalue weighted by Crippen LogP contribution is 2.46. The summed E-state index contributed by atoms with van der Waals surface area (Å²) in [5.74, 6) is 3.57. The predicted molar refractivity (Wildman–Crippen MR) is 114 cm³/mol. The summed E-state index contributed by atoms with van der Waals surface area (Å²) in [6.07, 6.45) is 3.85. The Balaban J connectivity index is 1.89. The molecule has 30 heavy (non-hydrogen) atoms. The topological polar surface area (TPSA) is 68.3 Å². The standard InChI is InChI=1S/C23H23NO6/c1-13-10-15-11-18(25-2)21(27-4)23(28-5)19(15)16(24-13)8-6-14-7-9-17-22(20(14)26-3)30-12-29-17/h6-11H,12H2,1-5H3/b8-6+. The van der Waals surface area contributed by atoms with Crippen LogP contribution in [0.1, 0.15) is 17.0 Å². The third kappa shape index (κ3) is 3.22. The molecular weight excluding hydrogens is 386 g/mol. The zero-order valence-electron chi connectivity index (χ0n) is 17.6. The predicted octanol–water partition coefficient (Wildman–Crippen LogP) is 4.48. The Bertz CT molecular complexity index is 1140. The van der Waals surface area contributed by atoms with Crippen LogP contribution in [0.2, 0.25) is 0 Å². The molecule has 0 spiro atoms. The molecule has 2 heterocycles. The molecule has 3 aromatic rings. The van der Waals surface area contributed by atoms with Crippen molar-refractivity contribution in [3.05, 3.63) is 41.2 Å². The van der Waals surface area contributed by atoms with Gasteiger partial charge in [0.1, 0.15) is 0 Å². The fourth-order valence-corrected chi connectivity index (χ4v) is 3.65. The average Bonchev–Trinajstić information content (AvgIpc) is 3.24. The smallest absolute Gasteiger partial charge is 0.231 e. The van der Waals surface area contributed by atoms with Gasteiger partial charge in [-0.3, -0.25) is 4.98 Å². The van der Waals surface area contributed by atoms with Crippen LogP contribution in [0.15, 0.2) is 24.3 Å². The highest BCUT2D eigenvalue weighted by molar-refractivity contribution is 5.99. The number of methoxy groups -OCH3 is 4. The fourth-order valence-electron chi connectivity index (χ4n) is 3.65. The molecule has 0 fully saturated rings. The fraction of sp³-hybridized carbons (Fsp3) is 0.261. The summed E-state index contributed by atoms with van der Waals surface area (Å²) in [4.78, 5) is 4.72. The number of hydrogen-bond acceptors (Lipinski definition) is 7. The average molecular weight is 409 g/mol. The molecule has 1 aliphatic rings. The Morgan fingerprint density at radius 3 is 2.33 bits per heavy atom. The normalized spacial score (nSPS) is 12.4. The monoisotopic (exact) mass is 409 g/mol. The lowest BCUT2D eigenvalue weighted by atomic mass is 10.0. The van der Waals surface area contributed by atoms with Crippen molar-refractivity contribution >= 4 is 22.9 Å². The van der Waals surface area contributed by atoms with Gasteiger partial charge in [0.15, 0.2) is 23.0 Å². The minimum Gasteiger partial charge on any atom is -0.493 e. The van der Waals surface area contributed by atoms with Gasteiger partial charge in [0.25, 0.3) is 0 Å². The summed E-state index contributed by atoms with van der Waals surface area (Å²) < 4.78 is 33.3. The summed E-state index contributed by atoms with van der Waals surface area (Å²) in [6.45, 7) is 2.13. The number of aryl methyl sites for hydroxylation is 1. The summed E-state index contributed by atoms with van der Waals surface area (Å²) in [7, 11) is 6.39. The van der Waals surface area contributed by atoms with Gasteiger partial charge in [0.2, 0.25) is 18.3 Å². The minimum absolute atomic E-state index is 0.182. The van der Waals surface area contributed by atoms with E-state index in [0.717, 1.165) is 27.7 Å². The Kier molecular flexibility index (Phi) is 5.27.